The van der Waals surface area contributed by atoms with Crippen LogP contribution in [0.5, 0.6) is 0 Å². The monoisotopic (exact) mass is 400 g/mol. The SMILES string of the molecule is CCCCCCCCCCNC(=O)C(=O)Nc1ccc(Br)cc1F. The quantitative estimate of drug-likeness (QED) is 0.438. The van der Waals surface area contributed by atoms with Gasteiger partial charge in [-0.1, -0.05) is 67.8 Å². The fourth-order valence-corrected chi connectivity index (χ4v) is 2.64. The zero-order valence-corrected chi connectivity index (χ0v) is 15.8. The van der Waals surface area contributed by atoms with Gasteiger partial charge in [0.2, 0.25) is 0 Å². The molecule has 4 nitrogen and oxygen atoms in total. The Labute approximate surface area is 151 Å². The van der Waals surface area contributed by atoms with E-state index in [9.17, 15) is 14.0 Å². The fraction of sp³-hybridized carbons (Fsp3) is 0.556. The lowest BCUT2D eigenvalue weighted by Gasteiger charge is -2.07. The predicted molar refractivity (Wildman–Crippen MR) is 98.3 cm³/mol. The summed E-state index contributed by atoms with van der Waals surface area (Å²) >= 11 is 3.13. The number of amides is 2. The van der Waals surface area contributed by atoms with E-state index in [2.05, 4.69) is 33.5 Å². The number of carbonyl (C=O) groups excluding carboxylic acids is 2. The fourth-order valence-electron chi connectivity index (χ4n) is 2.31. The molecule has 0 heterocycles. The maximum atomic E-state index is 13.6. The Morgan fingerprint density at radius 1 is 1.00 bits per heavy atom. The second-order valence-electron chi connectivity index (χ2n) is 5.81. The molecule has 1 aromatic rings. The molecule has 0 spiro atoms. The standard InChI is InChI=1S/C18H26BrFN2O2/c1-2-3-4-5-6-7-8-9-12-21-17(23)18(24)22-16-11-10-14(19)13-15(16)20/h10-11,13H,2-9,12H2,1H3,(H,21,23)(H,22,24). The summed E-state index contributed by atoms with van der Waals surface area (Å²) in [6, 6.07) is 4.23. The van der Waals surface area contributed by atoms with Gasteiger partial charge in [-0.15, -0.1) is 0 Å². The third-order valence-corrected chi connectivity index (χ3v) is 4.19. The number of hydrogen-bond acceptors (Lipinski definition) is 2. The van der Waals surface area contributed by atoms with Gasteiger partial charge in [-0.25, -0.2) is 4.39 Å². The lowest BCUT2D eigenvalue weighted by atomic mass is 10.1. The molecule has 0 fully saturated rings. The second kappa shape index (κ2) is 12.0. The van der Waals surface area contributed by atoms with E-state index >= 15 is 0 Å². The van der Waals surface area contributed by atoms with Gasteiger partial charge < -0.3 is 10.6 Å². The number of carbonyl (C=O) groups is 2. The van der Waals surface area contributed by atoms with Gasteiger partial charge in [0, 0.05) is 11.0 Å². The Balaban J connectivity index is 2.15. The smallest absolute Gasteiger partial charge is 0.313 e. The first-order valence-electron chi connectivity index (χ1n) is 8.58. The van der Waals surface area contributed by atoms with Gasteiger partial charge in [-0.3, -0.25) is 9.59 Å². The number of halogens is 2. The molecule has 0 unspecified atom stereocenters. The summed E-state index contributed by atoms with van der Waals surface area (Å²) in [5, 5.41) is 4.83. The average molecular weight is 401 g/mol. The molecule has 0 radical (unpaired) electrons. The Bertz CT molecular complexity index is 538. The average Bonchev–Trinajstić information content (AvgIpc) is 2.55. The van der Waals surface area contributed by atoms with Crippen molar-refractivity contribution in [3.63, 3.8) is 0 Å². The molecular formula is C18H26BrFN2O2. The first-order valence-corrected chi connectivity index (χ1v) is 9.38. The third-order valence-electron chi connectivity index (χ3n) is 3.70. The van der Waals surface area contributed by atoms with Gasteiger partial charge in [-0.2, -0.15) is 0 Å². The number of hydrogen-bond donors (Lipinski definition) is 2. The van der Waals surface area contributed by atoms with E-state index in [1.807, 2.05) is 0 Å². The topological polar surface area (TPSA) is 58.2 Å². The van der Waals surface area contributed by atoms with Crippen LogP contribution >= 0.6 is 15.9 Å². The molecule has 0 saturated heterocycles. The highest BCUT2D eigenvalue weighted by molar-refractivity contribution is 9.10. The van der Waals surface area contributed by atoms with Crippen LogP contribution in [-0.4, -0.2) is 18.4 Å². The lowest BCUT2D eigenvalue weighted by Crippen LogP contribution is -2.36. The van der Waals surface area contributed by atoms with Crippen LogP contribution in [-0.2, 0) is 9.59 Å². The van der Waals surface area contributed by atoms with Crippen molar-refractivity contribution in [2.24, 2.45) is 0 Å². The minimum atomic E-state index is -0.851. The minimum Gasteiger partial charge on any atom is -0.348 e. The van der Waals surface area contributed by atoms with Crippen LogP contribution in [0.4, 0.5) is 10.1 Å². The summed E-state index contributed by atoms with van der Waals surface area (Å²) in [5.74, 6) is -2.18. The predicted octanol–water partition coefficient (Wildman–Crippen LogP) is 4.78. The maximum absolute atomic E-state index is 13.6. The highest BCUT2D eigenvalue weighted by Gasteiger charge is 2.15. The van der Waals surface area contributed by atoms with Crippen LogP contribution in [0, 0.1) is 5.82 Å². The number of anilines is 1. The second-order valence-corrected chi connectivity index (χ2v) is 6.72. The molecule has 1 rings (SSSR count). The normalized spacial score (nSPS) is 10.5. The van der Waals surface area contributed by atoms with Crippen molar-refractivity contribution in [3.8, 4) is 0 Å². The van der Waals surface area contributed by atoms with E-state index in [0.717, 1.165) is 19.3 Å². The van der Waals surface area contributed by atoms with Crippen LogP contribution in [0.2, 0.25) is 0 Å². The lowest BCUT2D eigenvalue weighted by molar-refractivity contribution is -0.136. The summed E-state index contributed by atoms with van der Waals surface area (Å²) < 4.78 is 14.2. The maximum Gasteiger partial charge on any atom is 0.313 e. The Morgan fingerprint density at radius 2 is 1.62 bits per heavy atom. The van der Waals surface area contributed by atoms with Crippen molar-refractivity contribution >= 4 is 33.4 Å². The van der Waals surface area contributed by atoms with E-state index in [0.29, 0.717) is 11.0 Å². The summed E-state index contributed by atoms with van der Waals surface area (Å²) in [6.07, 6.45) is 9.35. The van der Waals surface area contributed by atoms with Crippen LogP contribution in [0.1, 0.15) is 58.3 Å². The molecule has 0 bridgehead atoms. The van der Waals surface area contributed by atoms with E-state index in [1.54, 1.807) is 6.07 Å². The first kappa shape index (κ1) is 20.6. The van der Waals surface area contributed by atoms with E-state index in [1.165, 1.54) is 44.2 Å². The van der Waals surface area contributed by atoms with Crippen LogP contribution in [0.3, 0.4) is 0 Å². The molecule has 0 saturated carbocycles. The Kier molecular flexibility index (Phi) is 10.3. The Morgan fingerprint density at radius 3 is 2.25 bits per heavy atom. The van der Waals surface area contributed by atoms with Gasteiger partial charge in [0.15, 0.2) is 0 Å². The molecule has 2 amide bonds. The molecule has 2 N–H and O–H groups in total. The van der Waals surface area contributed by atoms with E-state index in [4.69, 9.17) is 0 Å². The van der Waals surface area contributed by atoms with Crippen molar-refractivity contribution in [1.29, 1.82) is 0 Å². The summed E-state index contributed by atoms with van der Waals surface area (Å²) in [5.41, 5.74) is -0.00886. The number of unbranched alkanes of at least 4 members (excludes halogenated alkanes) is 7. The molecule has 0 aliphatic rings. The van der Waals surface area contributed by atoms with Crippen molar-refractivity contribution in [2.75, 3.05) is 11.9 Å². The van der Waals surface area contributed by atoms with Gasteiger partial charge in [0.1, 0.15) is 5.82 Å². The number of benzene rings is 1. The largest absolute Gasteiger partial charge is 0.348 e. The first-order chi connectivity index (χ1) is 11.5. The molecule has 0 atom stereocenters. The number of nitrogens with one attached hydrogen (secondary N) is 2. The van der Waals surface area contributed by atoms with E-state index in [-0.39, 0.29) is 5.69 Å². The van der Waals surface area contributed by atoms with Gasteiger partial charge in [0.25, 0.3) is 0 Å². The molecule has 0 aliphatic heterocycles. The third kappa shape index (κ3) is 8.43. The molecular weight excluding hydrogens is 375 g/mol. The van der Waals surface area contributed by atoms with Crippen molar-refractivity contribution in [3.05, 3.63) is 28.5 Å². The minimum absolute atomic E-state index is 0.00886. The molecule has 0 aliphatic carbocycles. The summed E-state index contributed by atoms with van der Waals surface area (Å²) in [4.78, 5) is 23.4. The zero-order chi connectivity index (χ0) is 17.8. The molecule has 134 valence electrons. The highest BCUT2D eigenvalue weighted by Crippen LogP contribution is 2.19. The zero-order valence-electron chi connectivity index (χ0n) is 14.2. The number of rotatable bonds is 10. The summed E-state index contributed by atoms with van der Waals surface area (Å²) in [6.45, 7) is 2.66. The molecule has 1 aromatic carbocycles. The van der Waals surface area contributed by atoms with Gasteiger partial charge >= 0.3 is 11.8 Å². The molecule has 24 heavy (non-hydrogen) atoms. The summed E-state index contributed by atoms with van der Waals surface area (Å²) in [7, 11) is 0. The van der Waals surface area contributed by atoms with Crippen LogP contribution in [0.25, 0.3) is 0 Å². The van der Waals surface area contributed by atoms with E-state index < -0.39 is 17.6 Å². The highest BCUT2D eigenvalue weighted by atomic mass is 79.9. The van der Waals surface area contributed by atoms with Crippen molar-refractivity contribution in [2.45, 2.75) is 58.3 Å². The molecule has 6 heteroatoms. The Hall–Kier alpha value is -1.43. The van der Waals surface area contributed by atoms with Gasteiger partial charge in [0.05, 0.1) is 5.69 Å². The van der Waals surface area contributed by atoms with Crippen LogP contribution < -0.4 is 10.6 Å². The van der Waals surface area contributed by atoms with Crippen molar-refractivity contribution < 1.29 is 14.0 Å². The molecule has 0 aromatic heterocycles. The van der Waals surface area contributed by atoms with Gasteiger partial charge in [-0.05, 0) is 24.6 Å². The van der Waals surface area contributed by atoms with Crippen LogP contribution in [0.15, 0.2) is 22.7 Å². The van der Waals surface area contributed by atoms with Crippen molar-refractivity contribution in [1.82, 2.24) is 5.32 Å².